The van der Waals surface area contributed by atoms with Crippen molar-refractivity contribution in [2.45, 2.75) is 58.3 Å². The van der Waals surface area contributed by atoms with Gasteiger partial charge in [0, 0.05) is 11.6 Å². The van der Waals surface area contributed by atoms with Crippen LogP contribution in [0.1, 0.15) is 68.6 Å². The largest absolute Gasteiger partial charge is 0.494 e. The van der Waals surface area contributed by atoms with Gasteiger partial charge in [0.05, 0.1) is 37.3 Å². The van der Waals surface area contributed by atoms with Crippen molar-refractivity contribution in [3.05, 3.63) is 85.1 Å². The summed E-state index contributed by atoms with van der Waals surface area (Å²) in [5, 5.41) is 0. The van der Waals surface area contributed by atoms with E-state index in [9.17, 15) is 9.59 Å². The number of hydrogen-bond acceptors (Lipinski definition) is 7. The summed E-state index contributed by atoms with van der Waals surface area (Å²) in [6.45, 7) is 7.26. The molecule has 0 saturated carbocycles. The highest BCUT2D eigenvalue weighted by atomic mass is 16.5. The van der Waals surface area contributed by atoms with Gasteiger partial charge in [0.25, 0.3) is 0 Å². The number of aromatic nitrogens is 1. The van der Waals surface area contributed by atoms with E-state index in [1.165, 1.54) is 6.08 Å². The highest BCUT2D eigenvalue weighted by molar-refractivity contribution is 5.91. The Morgan fingerprint density at radius 2 is 1.32 bits per heavy atom. The van der Waals surface area contributed by atoms with Gasteiger partial charge in [-0.3, -0.25) is 4.98 Å². The Balaban J connectivity index is 1.34. The summed E-state index contributed by atoms with van der Waals surface area (Å²) in [7, 11) is 0. The molecule has 0 saturated heterocycles. The molecule has 1 heterocycles. The van der Waals surface area contributed by atoms with Gasteiger partial charge in [-0.25, -0.2) is 9.59 Å². The van der Waals surface area contributed by atoms with E-state index >= 15 is 0 Å². The molecule has 0 N–H and O–H groups in total. The lowest BCUT2D eigenvalue weighted by molar-refractivity contribution is -0.137. The van der Waals surface area contributed by atoms with Crippen LogP contribution in [0.4, 0.5) is 0 Å². The zero-order chi connectivity index (χ0) is 28.4. The van der Waals surface area contributed by atoms with Gasteiger partial charge in [-0.15, -0.1) is 0 Å². The minimum atomic E-state index is -0.426. The maximum absolute atomic E-state index is 12.6. The number of rotatable bonds is 18. The highest BCUT2D eigenvalue weighted by Gasteiger charge is 2.10. The molecule has 3 aromatic rings. The van der Waals surface area contributed by atoms with Crippen LogP contribution in [0, 0.1) is 0 Å². The van der Waals surface area contributed by atoms with Gasteiger partial charge < -0.3 is 18.9 Å². The molecule has 40 heavy (non-hydrogen) atoms. The first-order chi connectivity index (χ1) is 19.6. The number of pyridine rings is 1. The molecule has 7 heteroatoms. The minimum absolute atomic E-state index is 0.364. The molecular formula is C33H39NO6. The van der Waals surface area contributed by atoms with Crippen LogP contribution in [0.5, 0.6) is 17.2 Å². The molecule has 0 aliphatic rings. The minimum Gasteiger partial charge on any atom is -0.494 e. The lowest BCUT2D eigenvalue weighted by Gasteiger charge is -2.09. The second-order valence-corrected chi connectivity index (χ2v) is 9.36. The quantitative estimate of drug-likeness (QED) is 0.0704. The summed E-state index contributed by atoms with van der Waals surface area (Å²) in [6, 6.07) is 18.1. The molecule has 0 aliphatic carbocycles. The van der Waals surface area contributed by atoms with Gasteiger partial charge in [0.1, 0.15) is 17.2 Å². The van der Waals surface area contributed by atoms with Gasteiger partial charge >= 0.3 is 11.9 Å². The van der Waals surface area contributed by atoms with E-state index in [2.05, 4.69) is 18.5 Å². The molecule has 0 unspecified atom stereocenters. The van der Waals surface area contributed by atoms with Gasteiger partial charge in [-0.1, -0.05) is 45.6 Å². The van der Waals surface area contributed by atoms with Crippen LogP contribution in [0.2, 0.25) is 0 Å². The summed E-state index contributed by atoms with van der Waals surface area (Å²) in [4.78, 5) is 28.0. The number of benzene rings is 2. The third kappa shape index (κ3) is 10.9. The van der Waals surface area contributed by atoms with E-state index in [4.69, 9.17) is 18.9 Å². The lowest BCUT2D eigenvalue weighted by atomic mass is 10.1. The van der Waals surface area contributed by atoms with Crippen LogP contribution in [-0.4, -0.2) is 36.7 Å². The molecular weight excluding hydrogens is 506 g/mol. The zero-order valence-electron chi connectivity index (χ0n) is 23.3. The normalized spacial score (nSPS) is 10.5. The molecule has 0 fully saturated rings. The van der Waals surface area contributed by atoms with Crippen molar-refractivity contribution in [1.29, 1.82) is 0 Å². The maximum Gasteiger partial charge on any atom is 0.343 e. The van der Waals surface area contributed by atoms with E-state index in [0.717, 1.165) is 74.1 Å². The topological polar surface area (TPSA) is 84.0 Å². The molecule has 0 spiro atoms. The summed E-state index contributed by atoms with van der Waals surface area (Å²) < 4.78 is 22.0. The fourth-order valence-electron chi connectivity index (χ4n) is 3.85. The third-order valence-corrected chi connectivity index (χ3v) is 6.17. The fourth-order valence-corrected chi connectivity index (χ4v) is 3.85. The molecule has 0 atom stereocenters. The first kappa shape index (κ1) is 30.4. The van der Waals surface area contributed by atoms with Crippen LogP contribution in [0.25, 0.3) is 11.3 Å². The SMILES string of the molecule is C=CC(=O)OCCCCCCCCOc1ccc(C(=O)Oc2ccc(-c3ccc(OCCCC)cn3)cc2)cc1. The lowest BCUT2D eigenvalue weighted by Crippen LogP contribution is -2.08. The molecule has 0 bridgehead atoms. The second kappa shape index (κ2) is 17.5. The van der Waals surface area contributed by atoms with E-state index < -0.39 is 5.97 Å². The summed E-state index contributed by atoms with van der Waals surface area (Å²) in [6.07, 6.45) is 11.2. The van der Waals surface area contributed by atoms with Crippen LogP contribution in [0.3, 0.4) is 0 Å². The predicted molar refractivity (Wildman–Crippen MR) is 156 cm³/mol. The Kier molecular flexibility index (Phi) is 13.3. The van der Waals surface area contributed by atoms with Gasteiger partial charge in [-0.05, 0) is 79.9 Å². The smallest absolute Gasteiger partial charge is 0.343 e. The van der Waals surface area contributed by atoms with Crippen molar-refractivity contribution >= 4 is 11.9 Å². The van der Waals surface area contributed by atoms with Crippen molar-refractivity contribution < 1.29 is 28.5 Å². The number of ether oxygens (including phenoxy) is 4. The Hall–Kier alpha value is -4.13. The van der Waals surface area contributed by atoms with Gasteiger partial charge in [0.2, 0.25) is 0 Å². The van der Waals surface area contributed by atoms with Crippen molar-refractivity contribution in [2.75, 3.05) is 19.8 Å². The number of esters is 2. The fraction of sp³-hybridized carbons (Fsp3) is 0.364. The van der Waals surface area contributed by atoms with Crippen LogP contribution in [-0.2, 0) is 9.53 Å². The first-order valence-corrected chi connectivity index (χ1v) is 14.0. The van der Waals surface area contributed by atoms with Crippen molar-refractivity contribution in [3.8, 4) is 28.5 Å². The van der Waals surface area contributed by atoms with Crippen molar-refractivity contribution in [1.82, 2.24) is 4.98 Å². The number of carbonyl (C=O) groups is 2. The number of nitrogens with zero attached hydrogens (tertiary/aromatic N) is 1. The molecule has 1 aromatic heterocycles. The molecule has 0 aliphatic heterocycles. The molecule has 3 rings (SSSR count). The van der Waals surface area contributed by atoms with E-state index in [1.54, 1.807) is 42.6 Å². The molecule has 7 nitrogen and oxygen atoms in total. The summed E-state index contributed by atoms with van der Waals surface area (Å²) in [5.74, 6) is 1.15. The van der Waals surface area contributed by atoms with Crippen LogP contribution < -0.4 is 14.2 Å². The number of hydrogen-bond donors (Lipinski definition) is 0. The van der Waals surface area contributed by atoms with E-state index in [0.29, 0.717) is 31.1 Å². The predicted octanol–water partition coefficient (Wildman–Crippen LogP) is 7.60. The monoisotopic (exact) mass is 545 g/mol. The first-order valence-electron chi connectivity index (χ1n) is 14.0. The second-order valence-electron chi connectivity index (χ2n) is 9.36. The van der Waals surface area contributed by atoms with Crippen molar-refractivity contribution in [3.63, 3.8) is 0 Å². The number of carbonyl (C=O) groups excluding carboxylic acids is 2. The zero-order valence-corrected chi connectivity index (χ0v) is 23.3. The Morgan fingerprint density at radius 3 is 1.98 bits per heavy atom. The molecule has 0 radical (unpaired) electrons. The Morgan fingerprint density at radius 1 is 0.725 bits per heavy atom. The number of unbranched alkanes of at least 4 members (excludes halogenated alkanes) is 6. The van der Waals surface area contributed by atoms with E-state index in [1.807, 2.05) is 24.3 Å². The summed E-state index contributed by atoms with van der Waals surface area (Å²) >= 11 is 0. The average Bonchev–Trinajstić information content (AvgIpc) is 2.99. The van der Waals surface area contributed by atoms with Gasteiger partial charge in [0.15, 0.2) is 0 Å². The maximum atomic E-state index is 12.6. The van der Waals surface area contributed by atoms with Crippen molar-refractivity contribution in [2.24, 2.45) is 0 Å². The standard InChI is InChI=1S/C33H39NO6/c1-3-5-22-38-30-20-21-31(34-25-30)26-12-18-29(19-13-26)40-33(36)27-14-16-28(17-15-27)37-23-10-8-6-7-9-11-24-39-32(35)4-2/h4,12-21,25H,2-3,5-11,22-24H2,1H3. The van der Waals surface area contributed by atoms with Crippen LogP contribution >= 0.6 is 0 Å². The van der Waals surface area contributed by atoms with Crippen LogP contribution in [0.15, 0.2) is 79.5 Å². The Labute approximate surface area is 237 Å². The third-order valence-electron chi connectivity index (χ3n) is 6.17. The molecule has 212 valence electrons. The highest BCUT2D eigenvalue weighted by Crippen LogP contribution is 2.23. The Bertz CT molecular complexity index is 1170. The molecule has 2 aromatic carbocycles. The van der Waals surface area contributed by atoms with Gasteiger partial charge in [-0.2, -0.15) is 0 Å². The summed E-state index contributed by atoms with van der Waals surface area (Å²) in [5.41, 5.74) is 2.20. The average molecular weight is 546 g/mol. The molecule has 0 amide bonds. The van der Waals surface area contributed by atoms with E-state index in [-0.39, 0.29) is 5.97 Å².